The fourth-order valence-electron chi connectivity index (χ4n) is 0.101. The van der Waals surface area contributed by atoms with Gasteiger partial charge in [0.15, 0.2) is 6.10 Å². The van der Waals surface area contributed by atoms with Gasteiger partial charge in [-0.1, -0.05) is 7.43 Å². The zero-order chi connectivity index (χ0) is 5.86. The molecule has 0 aromatic rings. The Morgan fingerprint density at radius 2 is 2.12 bits per heavy atom. The minimum atomic E-state index is -0.928. The van der Waals surface area contributed by atoms with Gasteiger partial charge >= 0.3 is 5.97 Å². The second kappa shape index (κ2) is 4.59. The molecule has 0 spiro atoms. The molecule has 3 nitrogen and oxygen atoms in total. The van der Waals surface area contributed by atoms with Crippen LogP contribution in [0.4, 0.5) is 0 Å². The van der Waals surface area contributed by atoms with Crippen LogP contribution >= 0.6 is 0 Å². The Labute approximate surface area is 49.3 Å². The summed E-state index contributed by atoms with van der Waals surface area (Å²) in [5.74, 6) is -0.928. The zero-order valence-corrected chi connectivity index (χ0v) is 4.34. The van der Waals surface area contributed by atoms with Crippen LogP contribution in [0.25, 0.3) is 0 Å². The molecule has 8 heavy (non-hydrogen) atoms. The topological polar surface area (TPSA) is 46.5 Å². The minimum Gasteiger partial charge on any atom is -0.479 e. The lowest BCUT2D eigenvalue weighted by atomic mass is 10.4. The van der Waals surface area contributed by atoms with Crippen molar-refractivity contribution in [2.45, 2.75) is 20.5 Å². The molecule has 0 aromatic heterocycles. The largest absolute Gasteiger partial charge is 0.479 e. The molecule has 50 valence electrons. The molecule has 1 N–H and O–H groups in total. The quantitative estimate of drug-likeness (QED) is 0.584. The molecule has 0 bridgehead atoms. The monoisotopic (exact) mass is 120 g/mol. The summed E-state index contributed by atoms with van der Waals surface area (Å²) in [6, 6.07) is 0. The van der Waals surface area contributed by atoms with Gasteiger partial charge in [-0.25, -0.2) is 4.79 Å². The fraction of sp³-hybridized carbons (Fsp3) is 0.800. The highest BCUT2D eigenvalue weighted by Crippen LogP contribution is 1.83. The van der Waals surface area contributed by atoms with Gasteiger partial charge < -0.3 is 9.84 Å². The van der Waals surface area contributed by atoms with E-state index in [1.54, 1.807) is 0 Å². The van der Waals surface area contributed by atoms with Crippen LogP contribution in [0, 0.1) is 0 Å². The molecule has 0 rings (SSSR count). The second-order valence-electron chi connectivity index (χ2n) is 1.22. The number of hydrogen-bond donors (Lipinski definition) is 1. The standard InChI is InChI=1S/C4H8O3.CH4/c1-3(7-2)4(5)6;/h3H,1-2H3,(H,5,6);1H4/t3-;/m1./s1. The van der Waals surface area contributed by atoms with E-state index in [9.17, 15) is 4.79 Å². The molecule has 0 saturated carbocycles. The molecule has 0 aromatic carbocycles. The van der Waals surface area contributed by atoms with E-state index in [4.69, 9.17) is 5.11 Å². The summed E-state index contributed by atoms with van der Waals surface area (Å²) < 4.78 is 4.41. The number of methoxy groups -OCH3 is 1. The van der Waals surface area contributed by atoms with Crippen LogP contribution in [0.15, 0.2) is 0 Å². The Morgan fingerprint density at radius 1 is 1.75 bits per heavy atom. The number of carboxylic acids is 1. The number of ether oxygens (including phenoxy) is 1. The first kappa shape index (κ1) is 10.4. The third kappa shape index (κ3) is 3.61. The van der Waals surface area contributed by atoms with Crippen LogP contribution in [0.2, 0.25) is 0 Å². The highest BCUT2D eigenvalue weighted by Gasteiger charge is 2.06. The van der Waals surface area contributed by atoms with Gasteiger partial charge in [-0.15, -0.1) is 0 Å². The first-order valence-electron chi connectivity index (χ1n) is 1.94. The lowest BCUT2D eigenvalue weighted by Gasteiger charge is -1.98. The van der Waals surface area contributed by atoms with Gasteiger partial charge in [0.1, 0.15) is 0 Å². The third-order valence-electron chi connectivity index (χ3n) is 0.701. The number of hydrogen-bond acceptors (Lipinski definition) is 2. The molecule has 1 atom stereocenters. The predicted octanol–water partition coefficient (Wildman–Crippen LogP) is 0.742. The van der Waals surface area contributed by atoms with E-state index in [-0.39, 0.29) is 7.43 Å². The summed E-state index contributed by atoms with van der Waals surface area (Å²) in [6.07, 6.45) is -0.681. The van der Waals surface area contributed by atoms with Crippen molar-refractivity contribution in [2.75, 3.05) is 7.11 Å². The van der Waals surface area contributed by atoms with E-state index in [0.717, 1.165) is 0 Å². The van der Waals surface area contributed by atoms with Gasteiger partial charge in [0, 0.05) is 7.11 Å². The van der Waals surface area contributed by atoms with E-state index in [1.165, 1.54) is 14.0 Å². The Morgan fingerprint density at radius 3 is 2.12 bits per heavy atom. The number of aliphatic carboxylic acids is 1. The summed E-state index contributed by atoms with van der Waals surface area (Å²) in [5.41, 5.74) is 0. The highest BCUT2D eigenvalue weighted by molar-refractivity contribution is 5.71. The molecule has 0 unspecified atom stereocenters. The Balaban J connectivity index is 0. The van der Waals surface area contributed by atoms with E-state index in [1.807, 2.05) is 0 Å². The summed E-state index contributed by atoms with van der Waals surface area (Å²) in [5, 5.41) is 8.06. The van der Waals surface area contributed by atoms with Crippen LogP contribution in [-0.2, 0) is 9.53 Å². The lowest BCUT2D eigenvalue weighted by Crippen LogP contribution is -2.17. The maximum atomic E-state index is 9.81. The smallest absolute Gasteiger partial charge is 0.332 e. The number of carboxylic acid groups (broad SMARTS) is 1. The Bertz CT molecular complexity index is 70.1. The van der Waals surface area contributed by atoms with Crippen LogP contribution in [0.1, 0.15) is 14.4 Å². The lowest BCUT2D eigenvalue weighted by molar-refractivity contribution is -0.147. The maximum Gasteiger partial charge on any atom is 0.332 e. The number of carbonyl (C=O) groups is 1. The molecule has 0 aliphatic rings. The van der Waals surface area contributed by atoms with Crippen molar-refractivity contribution >= 4 is 5.97 Å². The first-order chi connectivity index (χ1) is 3.18. The van der Waals surface area contributed by atoms with E-state index in [2.05, 4.69) is 4.74 Å². The summed E-state index contributed by atoms with van der Waals surface area (Å²) in [4.78, 5) is 9.81. The van der Waals surface area contributed by atoms with Crippen molar-refractivity contribution in [3.05, 3.63) is 0 Å². The third-order valence-corrected chi connectivity index (χ3v) is 0.701. The predicted molar refractivity (Wildman–Crippen MR) is 30.8 cm³/mol. The molecular weight excluding hydrogens is 108 g/mol. The average Bonchev–Trinajstić information content (AvgIpc) is 1.65. The molecular formula is C5H12O3. The van der Waals surface area contributed by atoms with Gasteiger partial charge in [-0.3, -0.25) is 0 Å². The van der Waals surface area contributed by atoms with Crippen molar-refractivity contribution in [1.29, 1.82) is 0 Å². The molecule has 3 heteroatoms. The van der Waals surface area contributed by atoms with Gasteiger partial charge in [-0.2, -0.15) is 0 Å². The van der Waals surface area contributed by atoms with E-state index in [0.29, 0.717) is 0 Å². The van der Waals surface area contributed by atoms with Crippen molar-refractivity contribution in [3.63, 3.8) is 0 Å². The second-order valence-corrected chi connectivity index (χ2v) is 1.22. The van der Waals surface area contributed by atoms with Crippen LogP contribution < -0.4 is 0 Å². The van der Waals surface area contributed by atoms with Crippen molar-refractivity contribution in [2.24, 2.45) is 0 Å². The van der Waals surface area contributed by atoms with Gasteiger partial charge in [0.05, 0.1) is 0 Å². The molecule has 0 aliphatic heterocycles. The SMILES string of the molecule is C.CO[C@H](C)C(=O)O. The van der Waals surface area contributed by atoms with Crippen LogP contribution in [0.3, 0.4) is 0 Å². The molecule has 0 fully saturated rings. The van der Waals surface area contributed by atoms with Crippen molar-refractivity contribution in [1.82, 2.24) is 0 Å². The average molecular weight is 120 g/mol. The van der Waals surface area contributed by atoms with Crippen LogP contribution in [0.5, 0.6) is 0 Å². The summed E-state index contributed by atoms with van der Waals surface area (Å²) >= 11 is 0. The van der Waals surface area contributed by atoms with Gasteiger partial charge in [-0.05, 0) is 6.92 Å². The van der Waals surface area contributed by atoms with Crippen molar-refractivity contribution < 1.29 is 14.6 Å². The maximum absolute atomic E-state index is 9.81. The van der Waals surface area contributed by atoms with Crippen molar-refractivity contribution in [3.8, 4) is 0 Å². The summed E-state index contributed by atoms with van der Waals surface area (Å²) in [6.45, 7) is 1.47. The van der Waals surface area contributed by atoms with Gasteiger partial charge in [0.25, 0.3) is 0 Å². The highest BCUT2D eigenvalue weighted by atomic mass is 16.5. The minimum absolute atomic E-state index is 0. The zero-order valence-electron chi connectivity index (χ0n) is 4.34. The normalized spacial score (nSPS) is 11.8. The molecule has 0 aliphatic carbocycles. The van der Waals surface area contributed by atoms with Crippen LogP contribution in [-0.4, -0.2) is 24.3 Å². The summed E-state index contributed by atoms with van der Waals surface area (Å²) in [7, 11) is 1.36. The van der Waals surface area contributed by atoms with E-state index < -0.39 is 12.1 Å². The Kier molecular flexibility index (Phi) is 5.97. The molecule has 0 amide bonds. The fourth-order valence-corrected chi connectivity index (χ4v) is 0.101. The number of rotatable bonds is 2. The molecule has 0 radical (unpaired) electrons. The Hall–Kier alpha value is -0.570. The first-order valence-corrected chi connectivity index (χ1v) is 1.94. The van der Waals surface area contributed by atoms with E-state index >= 15 is 0 Å². The van der Waals surface area contributed by atoms with Gasteiger partial charge in [0.2, 0.25) is 0 Å². The molecule has 0 saturated heterocycles. The molecule has 0 heterocycles.